The number of nitrogens with zero attached hydrogens (tertiary/aromatic N) is 2. The number of sulfonamides is 1. The van der Waals surface area contributed by atoms with Gasteiger partial charge in [-0.25, -0.2) is 8.42 Å². The number of nitrogens with one attached hydrogen (secondary N) is 1. The van der Waals surface area contributed by atoms with Crippen LogP contribution in [-0.2, 0) is 26.2 Å². The zero-order valence-electron chi connectivity index (χ0n) is 24.6. The van der Waals surface area contributed by atoms with Gasteiger partial charge in [-0.3, -0.25) is 13.9 Å². The third-order valence-electron chi connectivity index (χ3n) is 6.80. The molecule has 1 unspecified atom stereocenters. The number of hydrogen-bond acceptors (Lipinski definition) is 6. The van der Waals surface area contributed by atoms with E-state index in [1.165, 1.54) is 42.3 Å². The molecule has 0 aliphatic heterocycles. The summed E-state index contributed by atoms with van der Waals surface area (Å²) in [5, 5.41) is 3.06. The van der Waals surface area contributed by atoms with Gasteiger partial charge in [-0.15, -0.1) is 0 Å². The molecule has 3 aromatic carbocycles. The Morgan fingerprint density at radius 2 is 1.71 bits per heavy atom. The lowest BCUT2D eigenvalue weighted by molar-refractivity contribution is -0.139. The summed E-state index contributed by atoms with van der Waals surface area (Å²) in [7, 11) is -1.22. The molecule has 11 heteroatoms. The zero-order valence-corrected chi connectivity index (χ0v) is 26.2. The van der Waals surface area contributed by atoms with E-state index in [2.05, 4.69) is 5.32 Å². The van der Waals surface area contributed by atoms with E-state index in [1.54, 1.807) is 44.4 Å². The number of unbranched alkanes of at least 4 members (excludes halogenated alkanes) is 1. The van der Waals surface area contributed by atoms with Gasteiger partial charge in [0.05, 0.1) is 29.8 Å². The lowest BCUT2D eigenvalue weighted by Gasteiger charge is -2.32. The molecule has 1 atom stereocenters. The number of benzene rings is 3. The number of ether oxygens (including phenoxy) is 2. The quantitative estimate of drug-likeness (QED) is 0.250. The summed E-state index contributed by atoms with van der Waals surface area (Å²) in [4.78, 5) is 28.5. The zero-order chi connectivity index (χ0) is 30.9. The van der Waals surface area contributed by atoms with Gasteiger partial charge in [0.15, 0.2) is 0 Å². The molecule has 0 bridgehead atoms. The molecule has 3 aromatic rings. The van der Waals surface area contributed by atoms with Crippen LogP contribution in [0.1, 0.15) is 37.8 Å². The van der Waals surface area contributed by atoms with Crippen molar-refractivity contribution in [3.63, 3.8) is 0 Å². The number of anilines is 1. The van der Waals surface area contributed by atoms with Crippen LogP contribution in [0.4, 0.5) is 5.69 Å². The molecular weight excluding hydrogens is 578 g/mol. The van der Waals surface area contributed by atoms with Gasteiger partial charge in [-0.2, -0.15) is 0 Å². The van der Waals surface area contributed by atoms with Gasteiger partial charge in [0.1, 0.15) is 24.1 Å². The molecule has 0 saturated carbocycles. The molecule has 1 N–H and O–H groups in total. The summed E-state index contributed by atoms with van der Waals surface area (Å²) in [6, 6.07) is 17.1. The Morgan fingerprint density at radius 3 is 2.33 bits per heavy atom. The van der Waals surface area contributed by atoms with E-state index in [1.807, 2.05) is 19.9 Å². The maximum absolute atomic E-state index is 14.1. The second kappa shape index (κ2) is 14.9. The van der Waals surface area contributed by atoms with Gasteiger partial charge >= 0.3 is 0 Å². The van der Waals surface area contributed by atoms with Gasteiger partial charge in [-0.1, -0.05) is 54.8 Å². The Bertz CT molecular complexity index is 1480. The molecule has 2 amide bonds. The normalized spacial score (nSPS) is 11.9. The fraction of sp³-hybridized carbons (Fsp3) is 0.355. The molecule has 42 heavy (non-hydrogen) atoms. The van der Waals surface area contributed by atoms with Gasteiger partial charge in [-0.05, 0) is 68.3 Å². The van der Waals surface area contributed by atoms with Gasteiger partial charge in [0.25, 0.3) is 10.0 Å². The van der Waals surface area contributed by atoms with Crippen molar-refractivity contribution in [3.05, 3.63) is 82.9 Å². The molecule has 3 rings (SSSR count). The van der Waals surface area contributed by atoms with E-state index in [0.29, 0.717) is 18.0 Å². The molecule has 0 fully saturated rings. The third-order valence-corrected chi connectivity index (χ3v) is 8.88. The number of carbonyl (C=O) groups excluding carboxylic acids is 2. The van der Waals surface area contributed by atoms with Gasteiger partial charge < -0.3 is 19.7 Å². The van der Waals surface area contributed by atoms with Crippen molar-refractivity contribution in [2.45, 2.75) is 51.1 Å². The maximum atomic E-state index is 14.1. The minimum Gasteiger partial charge on any atom is -0.497 e. The standard InChI is InChI=1S/C31H38ClN3O6S/c1-6-7-17-33-31(37)23(3)34(20-24-9-8-10-26(18-24)40-4)30(36)21-35(25-13-16-29(41-5)28(32)19-25)42(38,39)27-14-11-22(2)12-15-27/h8-16,18-19,23H,6-7,17,20-21H2,1-5H3,(H,33,37). The minimum atomic E-state index is -4.22. The second-order valence-corrected chi connectivity index (χ2v) is 12.1. The number of rotatable bonds is 14. The van der Waals surface area contributed by atoms with Crippen LogP contribution >= 0.6 is 11.6 Å². The van der Waals surface area contributed by atoms with Crippen molar-refractivity contribution >= 4 is 39.1 Å². The van der Waals surface area contributed by atoms with E-state index in [9.17, 15) is 18.0 Å². The highest BCUT2D eigenvalue weighted by molar-refractivity contribution is 7.92. The van der Waals surface area contributed by atoms with Crippen LogP contribution in [0.25, 0.3) is 0 Å². The molecule has 0 spiro atoms. The third kappa shape index (κ3) is 8.17. The minimum absolute atomic E-state index is 0.0116. The van der Waals surface area contributed by atoms with E-state index in [0.717, 1.165) is 28.3 Å². The highest BCUT2D eigenvalue weighted by atomic mass is 35.5. The van der Waals surface area contributed by atoms with Crippen molar-refractivity contribution in [3.8, 4) is 11.5 Å². The predicted octanol–water partition coefficient (Wildman–Crippen LogP) is 5.19. The molecule has 0 radical (unpaired) electrons. The Morgan fingerprint density at radius 1 is 1.00 bits per heavy atom. The lowest BCUT2D eigenvalue weighted by atomic mass is 10.1. The van der Waals surface area contributed by atoms with Crippen molar-refractivity contribution in [1.82, 2.24) is 10.2 Å². The van der Waals surface area contributed by atoms with Gasteiger partial charge in [0, 0.05) is 13.1 Å². The number of carbonyl (C=O) groups is 2. The topological polar surface area (TPSA) is 105 Å². The molecule has 226 valence electrons. The number of aryl methyl sites for hydroxylation is 1. The van der Waals surface area contributed by atoms with Crippen LogP contribution in [0.3, 0.4) is 0 Å². The number of halogens is 1. The molecule has 0 aliphatic carbocycles. The molecule has 0 aromatic heterocycles. The number of methoxy groups -OCH3 is 2. The molecular formula is C31H38ClN3O6S. The summed E-state index contributed by atoms with van der Waals surface area (Å²) >= 11 is 6.37. The van der Waals surface area contributed by atoms with Crippen LogP contribution in [-0.4, -0.2) is 58.5 Å². The Hall–Kier alpha value is -3.76. The van der Waals surface area contributed by atoms with Crippen LogP contribution < -0.4 is 19.1 Å². The molecule has 9 nitrogen and oxygen atoms in total. The average molecular weight is 616 g/mol. The van der Waals surface area contributed by atoms with Crippen LogP contribution in [0.5, 0.6) is 11.5 Å². The summed E-state index contributed by atoms with van der Waals surface area (Å²) in [5.41, 5.74) is 1.78. The fourth-order valence-electron chi connectivity index (χ4n) is 4.26. The summed E-state index contributed by atoms with van der Waals surface area (Å²) in [6.07, 6.45) is 1.69. The number of amides is 2. The highest BCUT2D eigenvalue weighted by Gasteiger charge is 2.33. The van der Waals surface area contributed by atoms with Gasteiger partial charge in [0.2, 0.25) is 11.8 Å². The van der Waals surface area contributed by atoms with Crippen molar-refractivity contribution < 1.29 is 27.5 Å². The second-order valence-electron chi connectivity index (χ2n) is 9.84. The molecule has 0 saturated heterocycles. The van der Waals surface area contributed by atoms with Crippen molar-refractivity contribution in [2.24, 2.45) is 0 Å². The fourth-order valence-corrected chi connectivity index (χ4v) is 5.92. The van der Waals surface area contributed by atoms with E-state index in [-0.39, 0.29) is 28.1 Å². The Labute approximate surface area is 253 Å². The lowest BCUT2D eigenvalue weighted by Crippen LogP contribution is -2.51. The monoisotopic (exact) mass is 615 g/mol. The summed E-state index contributed by atoms with van der Waals surface area (Å²) in [5.74, 6) is 0.0477. The van der Waals surface area contributed by atoms with E-state index in [4.69, 9.17) is 21.1 Å². The first-order chi connectivity index (χ1) is 20.0. The van der Waals surface area contributed by atoms with Crippen molar-refractivity contribution in [2.75, 3.05) is 31.6 Å². The first-order valence-corrected chi connectivity index (χ1v) is 15.5. The first-order valence-electron chi connectivity index (χ1n) is 13.6. The number of hydrogen-bond donors (Lipinski definition) is 1. The average Bonchev–Trinajstić information content (AvgIpc) is 2.98. The smallest absolute Gasteiger partial charge is 0.264 e. The largest absolute Gasteiger partial charge is 0.497 e. The summed E-state index contributed by atoms with van der Waals surface area (Å²) in [6.45, 7) is 5.45. The highest BCUT2D eigenvalue weighted by Crippen LogP contribution is 2.32. The van der Waals surface area contributed by atoms with E-state index < -0.39 is 28.5 Å². The summed E-state index contributed by atoms with van der Waals surface area (Å²) < 4.78 is 39.5. The van der Waals surface area contributed by atoms with E-state index >= 15 is 0 Å². The van der Waals surface area contributed by atoms with Crippen LogP contribution in [0.15, 0.2) is 71.6 Å². The Kier molecular flexibility index (Phi) is 11.6. The SMILES string of the molecule is CCCCNC(=O)C(C)N(Cc1cccc(OC)c1)C(=O)CN(c1ccc(OC)c(Cl)c1)S(=O)(=O)c1ccc(C)cc1. The molecule has 0 aliphatic rings. The predicted molar refractivity (Wildman–Crippen MR) is 165 cm³/mol. The molecule has 0 heterocycles. The Balaban J connectivity index is 2.05. The first kappa shape index (κ1) is 32.8. The van der Waals surface area contributed by atoms with Crippen molar-refractivity contribution in [1.29, 1.82) is 0 Å². The maximum Gasteiger partial charge on any atom is 0.264 e. The van der Waals surface area contributed by atoms with Crippen LogP contribution in [0.2, 0.25) is 5.02 Å². The van der Waals surface area contributed by atoms with Crippen LogP contribution in [0, 0.1) is 6.92 Å².